The summed E-state index contributed by atoms with van der Waals surface area (Å²) in [5.74, 6) is 1.33. The van der Waals surface area contributed by atoms with Crippen molar-refractivity contribution in [3.8, 4) is 5.75 Å². The van der Waals surface area contributed by atoms with Crippen LogP contribution in [0.15, 0.2) is 28.7 Å². The van der Waals surface area contributed by atoms with Crippen LogP contribution < -0.4 is 15.4 Å². The molecule has 1 heterocycles. The highest BCUT2D eigenvalue weighted by atomic mass is 79.9. The Labute approximate surface area is 128 Å². The van der Waals surface area contributed by atoms with Crippen LogP contribution in [0.25, 0.3) is 0 Å². The van der Waals surface area contributed by atoms with Gasteiger partial charge in [0.25, 0.3) is 5.91 Å². The lowest BCUT2D eigenvalue weighted by atomic mass is 10.1. The third kappa shape index (κ3) is 4.80. The molecule has 2 N–H and O–H groups in total. The number of ether oxygens (including phenoxy) is 1. The molecule has 1 aliphatic rings. The average molecular weight is 341 g/mol. The van der Waals surface area contributed by atoms with Crippen LogP contribution in [0.4, 0.5) is 0 Å². The summed E-state index contributed by atoms with van der Waals surface area (Å²) in [7, 11) is 0. The number of halogens is 1. The maximum Gasteiger partial charge on any atom is 0.260 e. The minimum atomic E-state index is -0.481. The summed E-state index contributed by atoms with van der Waals surface area (Å²) < 4.78 is 6.57. The molecule has 0 aliphatic carbocycles. The fourth-order valence-electron chi connectivity index (χ4n) is 2.30. The average Bonchev–Trinajstić information content (AvgIpc) is 2.91. The molecular weight excluding hydrogens is 320 g/mol. The number of rotatable bonds is 6. The molecule has 110 valence electrons. The quantitative estimate of drug-likeness (QED) is 0.835. The van der Waals surface area contributed by atoms with Crippen LogP contribution in [0, 0.1) is 5.92 Å². The van der Waals surface area contributed by atoms with Gasteiger partial charge in [-0.05, 0) is 57.0 Å². The normalized spacial score (nSPS) is 19.6. The zero-order valence-electron chi connectivity index (χ0n) is 11.7. The van der Waals surface area contributed by atoms with Gasteiger partial charge in [-0.3, -0.25) is 4.79 Å². The Morgan fingerprint density at radius 1 is 1.60 bits per heavy atom. The Bertz CT molecular complexity index is 447. The van der Waals surface area contributed by atoms with E-state index < -0.39 is 6.10 Å². The third-order valence-corrected chi connectivity index (χ3v) is 3.99. The van der Waals surface area contributed by atoms with Gasteiger partial charge in [0.1, 0.15) is 5.75 Å². The van der Waals surface area contributed by atoms with Gasteiger partial charge in [0.15, 0.2) is 6.10 Å². The second kappa shape index (κ2) is 7.64. The number of carbonyl (C=O) groups is 1. The summed E-state index contributed by atoms with van der Waals surface area (Å²) >= 11 is 3.38. The summed E-state index contributed by atoms with van der Waals surface area (Å²) in [5, 5.41) is 6.27. The molecular formula is C15H21BrN2O2. The molecule has 1 aliphatic heterocycles. The molecule has 2 rings (SSSR count). The maximum atomic E-state index is 11.9. The highest BCUT2D eigenvalue weighted by molar-refractivity contribution is 9.10. The number of carbonyl (C=O) groups excluding carboxylic acids is 1. The lowest BCUT2D eigenvalue weighted by Crippen LogP contribution is -2.37. The molecule has 5 heteroatoms. The molecule has 20 heavy (non-hydrogen) atoms. The topological polar surface area (TPSA) is 50.4 Å². The Morgan fingerprint density at radius 2 is 2.45 bits per heavy atom. The maximum absolute atomic E-state index is 11.9. The van der Waals surface area contributed by atoms with Gasteiger partial charge in [0, 0.05) is 11.0 Å². The fraction of sp³-hybridized carbons (Fsp3) is 0.533. The standard InChI is InChI=1S/C15H21BrN2O2/c1-11(20-14-4-2-3-13(16)9-14)15(19)18-8-6-12-5-7-17-10-12/h2-4,9,11-12,17H,5-8,10H2,1H3,(H,18,19). The van der Waals surface area contributed by atoms with Crippen molar-refractivity contribution in [2.24, 2.45) is 5.92 Å². The van der Waals surface area contributed by atoms with Crippen molar-refractivity contribution in [2.45, 2.75) is 25.9 Å². The van der Waals surface area contributed by atoms with E-state index in [1.54, 1.807) is 6.92 Å². The first-order valence-corrected chi connectivity index (χ1v) is 7.85. The second-order valence-electron chi connectivity index (χ2n) is 5.16. The van der Waals surface area contributed by atoms with E-state index in [4.69, 9.17) is 4.74 Å². The van der Waals surface area contributed by atoms with Gasteiger partial charge >= 0.3 is 0 Å². The summed E-state index contributed by atoms with van der Waals surface area (Å²) in [5.41, 5.74) is 0. The van der Waals surface area contributed by atoms with Crippen molar-refractivity contribution in [3.63, 3.8) is 0 Å². The van der Waals surface area contributed by atoms with Crippen LogP contribution in [0.2, 0.25) is 0 Å². The van der Waals surface area contributed by atoms with Crippen LogP contribution in [0.3, 0.4) is 0 Å². The SMILES string of the molecule is CC(Oc1cccc(Br)c1)C(=O)NCCC1CCNC1. The van der Waals surface area contributed by atoms with Gasteiger partial charge in [-0.2, -0.15) is 0 Å². The zero-order chi connectivity index (χ0) is 14.4. The van der Waals surface area contributed by atoms with Crippen molar-refractivity contribution >= 4 is 21.8 Å². The molecule has 0 saturated carbocycles. The van der Waals surface area contributed by atoms with Gasteiger partial charge in [-0.1, -0.05) is 22.0 Å². The van der Waals surface area contributed by atoms with Crippen LogP contribution in [0.1, 0.15) is 19.8 Å². The van der Waals surface area contributed by atoms with Crippen LogP contribution >= 0.6 is 15.9 Å². The first-order chi connectivity index (χ1) is 9.65. The Morgan fingerprint density at radius 3 is 3.15 bits per heavy atom. The molecule has 1 aromatic rings. The van der Waals surface area contributed by atoms with Gasteiger partial charge in [-0.15, -0.1) is 0 Å². The van der Waals surface area contributed by atoms with E-state index in [9.17, 15) is 4.79 Å². The Kier molecular flexibility index (Phi) is 5.86. The molecule has 0 aromatic heterocycles. The van der Waals surface area contributed by atoms with Crippen LogP contribution in [-0.4, -0.2) is 31.6 Å². The molecule has 2 unspecified atom stereocenters. The molecule has 2 atom stereocenters. The number of nitrogens with one attached hydrogen (secondary N) is 2. The van der Waals surface area contributed by atoms with E-state index >= 15 is 0 Å². The predicted molar refractivity (Wildman–Crippen MR) is 82.8 cm³/mol. The van der Waals surface area contributed by atoms with Crippen molar-refractivity contribution in [3.05, 3.63) is 28.7 Å². The summed E-state index contributed by atoms with van der Waals surface area (Å²) in [6.07, 6.45) is 1.76. The van der Waals surface area contributed by atoms with E-state index in [1.807, 2.05) is 24.3 Å². The lowest BCUT2D eigenvalue weighted by Gasteiger charge is -2.15. The lowest BCUT2D eigenvalue weighted by molar-refractivity contribution is -0.127. The van der Waals surface area contributed by atoms with Crippen molar-refractivity contribution in [1.29, 1.82) is 0 Å². The number of hydrogen-bond donors (Lipinski definition) is 2. The Balaban J connectivity index is 1.71. The van der Waals surface area contributed by atoms with Crippen LogP contribution in [-0.2, 0) is 4.79 Å². The van der Waals surface area contributed by atoms with Gasteiger partial charge in [0.05, 0.1) is 0 Å². The van der Waals surface area contributed by atoms with E-state index in [1.165, 1.54) is 6.42 Å². The smallest absolute Gasteiger partial charge is 0.260 e. The predicted octanol–water partition coefficient (Wildman–Crippen LogP) is 2.33. The molecule has 0 radical (unpaired) electrons. The van der Waals surface area contributed by atoms with E-state index in [0.717, 1.165) is 30.5 Å². The first-order valence-electron chi connectivity index (χ1n) is 7.06. The number of benzene rings is 1. The Hall–Kier alpha value is -1.07. The summed E-state index contributed by atoms with van der Waals surface area (Å²) in [4.78, 5) is 11.9. The second-order valence-corrected chi connectivity index (χ2v) is 6.07. The van der Waals surface area contributed by atoms with E-state index in [2.05, 4.69) is 26.6 Å². The molecule has 0 bridgehead atoms. The molecule has 1 saturated heterocycles. The molecule has 1 aromatic carbocycles. The first kappa shape index (κ1) is 15.3. The van der Waals surface area contributed by atoms with Crippen molar-refractivity contribution in [1.82, 2.24) is 10.6 Å². The van der Waals surface area contributed by atoms with Gasteiger partial charge < -0.3 is 15.4 Å². The largest absolute Gasteiger partial charge is 0.481 e. The minimum Gasteiger partial charge on any atom is -0.481 e. The highest BCUT2D eigenvalue weighted by Crippen LogP contribution is 2.19. The molecule has 4 nitrogen and oxygen atoms in total. The fourth-order valence-corrected chi connectivity index (χ4v) is 2.68. The van der Waals surface area contributed by atoms with E-state index in [0.29, 0.717) is 11.7 Å². The molecule has 0 spiro atoms. The number of hydrogen-bond acceptors (Lipinski definition) is 3. The van der Waals surface area contributed by atoms with Gasteiger partial charge in [-0.25, -0.2) is 0 Å². The van der Waals surface area contributed by atoms with Gasteiger partial charge in [0.2, 0.25) is 0 Å². The third-order valence-electron chi connectivity index (χ3n) is 3.49. The van der Waals surface area contributed by atoms with Crippen molar-refractivity contribution in [2.75, 3.05) is 19.6 Å². The van der Waals surface area contributed by atoms with E-state index in [-0.39, 0.29) is 5.91 Å². The van der Waals surface area contributed by atoms with Crippen LogP contribution in [0.5, 0.6) is 5.75 Å². The summed E-state index contributed by atoms with van der Waals surface area (Å²) in [6, 6.07) is 7.51. The highest BCUT2D eigenvalue weighted by Gasteiger charge is 2.17. The molecule has 1 amide bonds. The summed E-state index contributed by atoms with van der Waals surface area (Å²) in [6.45, 7) is 4.66. The zero-order valence-corrected chi connectivity index (χ0v) is 13.3. The number of amides is 1. The molecule has 1 fully saturated rings. The van der Waals surface area contributed by atoms with Crippen molar-refractivity contribution < 1.29 is 9.53 Å². The minimum absolute atomic E-state index is 0.0593. The monoisotopic (exact) mass is 340 g/mol.